The third-order valence-corrected chi connectivity index (χ3v) is 3.20. The van der Waals surface area contributed by atoms with E-state index in [0.717, 1.165) is 0 Å². The highest BCUT2D eigenvalue weighted by Gasteiger charge is 2.23. The highest BCUT2D eigenvalue weighted by atomic mass is 15.2. The van der Waals surface area contributed by atoms with Gasteiger partial charge < -0.3 is 10.2 Å². The number of unbranched alkanes of at least 4 members (excludes halogenated alkanes) is 3. The topological polar surface area (TPSA) is 15.3 Å². The Morgan fingerprint density at radius 1 is 1.20 bits per heavy atom. The summed E-state index contributed by atoms with van der Waals surface area (Å²) >= 11 is 0. The SMILES string of the molecule is CCCCCCN1CCCNC(C)(C)C1. The molecule has 0 aromatic heterocycles. The molecule has 1 fully saturated rings. The molecule has 0 aliphatic carbocycles. The maximum absolute atomic E-state index is 3.61. The van der Waals surface area contributed by atoms with Crippen molar-refractivity contribution in [2.45, 2.75) is 58.4 Å². The first-order chi connectivity index (χ1) is 7.14. The van der Waals surface area contributed by atoms with Crippen molar-refractivity contribution in [3.05, 3.63) is 0 Å². The molecule has 2 heteroatoms. The van der Waals surface area contributed by atoms with E-state index < -0.39 is 0 Å². The van der Waals surface area contributed by atoms with Gasteiger partial charge in [0.15, 0.2) is 0 Å². The van der Waals surface area contributed by atoms with E-state index in [1.165, 1.54) is 58.3 Å². The van der Waals surface area contributed by atoms with Crippen molar-refractivity contribution in [3.63, 3.8) is 0 Å². The zero-order chi connectivity index (χ0) is 11.1. The van der Waals surface area contributed by atoms with Crippen LogP contribution in [0.2, 0.25) is 0 Å². The second kappa shape index (κ2) is 6.49. The van der Waals surface area contributed by atoms with E-state index in [9.17, 15) is 0 Å². The molecule has 0 aromatic rings. The largest absolute Gasteiger partial charge is 0.310 e. The highest BCUT2D eigenvalue weighted by molar-refractivity contribution is 4.84. The zero-order valence-corrected chi connectivity index (χ0v) is 10.8. The summed E-state index contributed by atoms with van der Waals surface area (Å²) in [6, 6.07) is 0. The second-order valence-corrected chi connectivity index (χ2v) is 5.50. The van der Waals surface area contributed by atoms with Crippen LogP contribution in [0.3, 0.4) is 0 Å². The molecule has 1 rings (SSSR count). The van der Waals surface area contributed by atoms with Gasteiger partial charge in [0.2, 0.25) is 0 Å². The normalized spacial score (nSPS) is 22.6. The molecular weight excluding hydrogens is 184 g/mol. The van der Waals surface area contributed by atoms with Crippen molar-refractivity contribution in [2.75, 3.05) is 26.2 Å². The first kappa shape index (κ1) is 13.0. The Balaban J connectivity index is 2.21. The monoisotopic (exact) mass is 212 g/mol. The summed E-state index contributed by atoms with van der Waals surface area (Å²) in [5, 5.41) is 3.61. The Morgan fingerprint density at radius 2 is 2.00 bits per heavy atom. The average Bonchev–Trinajstić information content (AvgIpc) is 2.34. The van der Waals surface area contributed by atoms with Gasteiger partial charge >= 0.3 is 0 Å². The van der Waals surface area contributed by atoms with Gasteiger partial charge in [-0.05, 0) is 46.3 Å². The van der Waals surface area contributed by atoms with Crippen molar-refractivity contribution in [1.29, 1.82) is 0 Å². The van der Waals surface area contributed by atoms with Gasteiger partial charge in [-0.25, -0.2) is 0 Å². The minimum Gasteiger partial charge on any atom is -0.310 e. The molecule has 15 heavy (non-hydrogen) atoms. The standard InChI is InChI=1S/C13H28N2/c1-4-5-6-7-10-15-11-8-9-14-13(2,3)12-15/h14H,4-12H2,1-3H3. The molecule has 0 atom stereocenters. The summed E-state index contributed by atoms with van der Waals surface area (Å²) in [6.07, 6.45) is 6.82. The molecule has 1 N–H and O–H groups in total. The van der Waals surface area contributed by atoms with Gasteiger partial charge in [0.1, 0.15) is 0 Å². The van der Waals surface area contributed by atoms with Crippen LogP contribution in [-0.2, 0) is 0 Å². The summed E-state index contributed by atoms with van der Waals surface area (Å²) in [4.78, 5) is 2.63. The summed E-state index contributed by atoms with van der Waals surface area (Å²) in [6.45, 7) is 11.9. The predicted octanol–water partition coefficient (Wildman–Crippen LogP) is 2.64. The van der Waals surface area contributed by atoms with Gasteiger partial charge in [-0.2, -0.15) is 0 Å². The van der Waals surface area contributed by atoms with Crippen LogP contribution in [0.15, 0.2) is 0 Å². The highest BCUT2D eigenvalue weighted by Crippen LogP contribution is 2.11. The van der Waals surface area contributed by atoms with Gasteiger partial charge in [-0.3, -0.25) is 0 Å². The predicted molar refractivity (Wildman–Crippen MR) is 67.3 cm³/mol. The van der Waals surface area contributed by atoms with Crippen molar-refractivity contribution in [2.24, 2.45) is 0 Å². The van der Waals surface area contributed by atoms with E-state index >= 15 is 0 Å². The zero-order valence-electron chi connectivity index (χ0n) is 10.8. The second-order valence-electron chi connectivity index (χ2n) is 5.50. The molecule has 90 valence electrons. The lowest BCUT2D eigenvalue weighted by molar-refractivity contribution is 0.227. The lowest BCUT2D eigenvalue weighted by Gasteiger charge is -2.30. The van der Waals surface area contributed by atoms with Crippen LogP contribution >= 0.6 is 0 Å². The van der Waals surface area contributed by atoms with Crippen molar-refractivity contribution in [1.82, 2.24) is 10.2 Å². The lowest BCUT2D eigenvalue weighted by atomic mass is 10.1. The first-order valence-electron chi connectivity index (χ1n) is 6.61. The quantitative estimate of drug-likeness (QED) is 0.705. The minimum atomic E-state index is 0.307. The van der Waals surface area contributed by atoms with Crippen molar-refractivity contribution < 1.29 is 0 Å². The van der Waals surface area contributed by atoms with Crippen LogP contribution in [-0.4, -0.2) is 36.6 Å². The van der Waals surface area contributed by atoms with E-state index in [4.69, 9.17) is 0 Å². The van der Waals surface area contributed by atoms with Crippen LogP contribution < -0.4 is 5.32 Å². The van der Waals surface area contributed by atoms with Gasteiger partial charge in [-0.1, -0.05) is 26.2 Å². The fourth-order valence-corrected chi connectivity index (χ4v) is 2.38. The smallest absolute Gasteiger partial charge is 0.0252 e. The maximum Gasteiger partial charge on any atom is 0.0252 e. The van der Waals surface area contributed by atoms with E-state index in [-0.39, 0.29) is 0 Å². The Labute approximate surface area is 95.4 Å². The third kappa shape index (κ3) is 5.53. The minimum absolute atomic E-state index is 0.307. The van der Waals surface area contributed by atoms with Crippen LogP contribution in [0.25, 0.3) is 0 Å². The van der Waals surface area contributed by atoms with Crippen molar-refractivity contribution in [3.8, 4) is 0 Å². The Morgan fingerprint density at radius 3 is 2.73 bits per heavy atom. The van der Waals surface area contributed by atoms with E-state index in [2.05, 4.69) is 31.0 Å². The van der Waals surface area contributed by atoms with Gasteiger partial charge in [0.05, 0.1) is 0 Å². The molecule has 0 unspecified atom stereocenters. The van der Waals surface area contributed by atoms with E-state index in [0.29, 0.717) is 5.54 Å². The number of nitrogens with zero attached hydrogens (tertiary/aromatic N) is 1. The van der Waals surface area contributed by atoms with Crippen LogP contribution in [0, 0.1) is 0 Å². The molecule has 1 heterocycles. The molecule has 0 amide bonds. The Kier molecular flexibility index (Phi) is 5.62. The fourth-order valence-electron chi connectivity index (χ4n) is 2.38. The van der Waals surface area contributed by atoms with E-state index in [1.807, 2.05) is 0 Å². The van der Waals surface area contributed by atoms with Crippen LogP contribution in [0.5, 0.6) is 0 Å². The summed E-state index contributed by atoms with van der Waals surface area (Å²) < 4.78 is 0. The average molecular weight is 212 g/mol. The van der Waals surface area contributed by atoms with Gasteiger partial charge in [-0.15, -0.1) is 0 Å². The molecule has 1 aliphatic rings. The molecule has 0 radical (unpaired) electrons. The van der Waals surface area contributed by atoms with E-state index in [1.54, 1.807) is 0 Å². The number of nitrogens with one attached hydrogen (secondary N) is 1. The fraction of sp³-hybridized carbons (Fsp3) is 1.00. The molecule has 0 bridgehead atoms. The Bertz CT molecular complexity index is 166. The van der Waals surface area contributed by atoms with Gasteiger partial charge in [0, 0.05) is 12.1 Å². The molecule has 0 spiro atoms. The lowest BCUT2D eigenvalue weighted by Crippen LogP contribution is -2.46. The molecule has 1 aliphatic heterocycles. The molecule has 0 saturated carbocycles. The number of hydrogen-bond donors (Lipinski definition) is 1. The van der Waals surface area contributed by atoms with Crippen LogP contribution in [0.4, 0.5) is 0 Å². The summed E-state index contributed by atoms with van der Waals surface area (Å²) in [5.41, 5.74) is 0.307. The summed E-state index contributed by atoms with van der Waals surface area (Å²) in [7, 11) is 0. The molecule has 0 aromatic carbocycles. The molecular formula is C13H28N2. The summed E-state index contributed by atoms with van der Waals surface area (Å²) in [5.74, 6) is 0. The van der Waals surface area contributed by atoms with Crippen LogP contribution in [0.1, 0.15) is 52.9 Å². The maximum atomic E-state index is 3.61. The first-order valence-corrected chi connectivity index (χ1v) is 6.61. The Hall–Kier alpha value is -0.0800. The van der Waals surface area contributed by atoms with Gasteiger partial charge in [0.25, 0.3) is 0 Å². The molecule has 2 nitrogen and oxygen atoms in total. The number of hydrogen-bond acceptors (Lipinski definition) is 2. The number of rotatable bonds is 5. The van der Waals surface area contributed by atoms with Crippen molar-refractivity contribution >= 4 is 0 Å². The molecule has 1 saturated heterocycles. The third-order valence-electron chi connectivity index (χ3n) is 3.20.